The average molecular weight is 214 g/mol. The van der Waals surface area contributed by atoms with E-state index in [4.69, 9.17) is 4.74 Å². The van der Waals surface area contributed by atoms with E-state index in [2.05, 4.69) is 44.8 Å². The van der Waals surface area contributed by atoms with Crippen molar-refractivity contribution in [1.82, 2.24) is 10.2 Å². The normalized spacial score (nSPS) is 27.2. The molecule has 0 aliphatic carbocycles. The van der Waals surface area contributed by atoms with Crippen LogP contribution in [0.25, 0.3) is 0 Å². The van der Waals surface area contributed by atoms with E-state index in [9.17, 15) is 0 Å². The Bertz CT molecular complexity index is 192. The third-order valence-electron chi connectivity index (χ3n) is 2.93. The van der Waals surface area contributed by atoms with E-state index in [1.807, 2.05) is 0 Å². The number of nitrogens with one attached hydrogen (secondary N) is 1. The molecule has 1 heterocycles. The molecule has 0 bridgehead atoms. The summed E-state index contributed by atoms with van der Waals surface area (Å²) in [6.45, 7) is 15.0. The van der Waals surface area contributed by atoms with Gasteiger partial charge in [-0.1, -0.05) is 0 Å². The fourth-order valence-corrected chi connectivity index (χ4v) is 1.98. The summed E-state index contributed by atoms with van der Waals surface area (Å²) < 4.78 is 5.60. The SMILES string of the molecule is CC(C)OCCN1CC(C)(C)NCC1C. The van der Waals surface area contributed by atoms with Gasteiger partial charge in [0.15, 0.2) is 0 Å². The molecule has 1 N–H and O–H groups in total. The summed E-state index contributed by atoms with van der Waals surface area (Å²) in [7, 11) is 0. The summed E-state index contributed by atoms with van der Waals surface area (Å²) in [4.78, 5) is 2.51. The monoisotopic (exact) mass is 214 g/mol. The molecule has 0 spiro atoms. The maximum absolute atomic E-state index is 5.60. The quantitative estimate of drug-likeness (QED) is 0.767. The first kappa shape index (κ1) is 12.9. The molecule has 90 valence electrons. The van der Waals surface area contributed by atoms with Crippen molar-refractivity contribution in [2.75, 3.05) is 26.2 Å². The number of rotatable bonds is 4. The Morgan fingerprint density at radius 1 is 1.47 bits per heavy atom. The minimum absolute atomic E-state index is 0.240. The zero-order valence-corrected chi connectivity index (χ0v) is 10.8. The fraction of sp³-hybridized carbons (Fsp3) is 1.00. The maximum atomic E-state index is 5.60. The van der Waals surface area contributed by atoms with Crippen molar-refractivity contribution in [3.63, 3.8) is 0 Å². The lowest BCUT2D eigenvalue weighted by Crippen LogP contribution is -2.61. The smallest absolute Gasteiger partial charge is 0.0597 e. The van der Waals surface area contributed by atoms with Gasteiger partial charge in [0.1, 0.15) is 0 Å². The van der Waals surface area contributed by atoms with Crippen molar-refractivity contribution in [2.24, 2.45) is 0 Å². The van der Waals surface area contributed by atoms with E-state index < -0.39 is 0 Å². The van der Waals surface area contributed by atoms with Crippen LogP contribution in [0.2, 0.25) is 0 Å². The van der Waals surface area contributed by atoms with E-state index in [-0.39, 0.29) is 5.54 Å². The van der Waals surface area contributed by atoms with Gasteiger partial charge >= 0.3 is 0 Å². The molecule has 1 fully saturated rings. The van der Waals surface area contributed by atoms with E-state index in [1.165, 1.54) is 0 Å². The third-order valence-corrected chi connectivity index (χ3v) is 2.93. The average Bonchev–Trinajstić information content (AvgIpc) is 2.10. The molecule has 1 atom stereocenters. The molecule has 1 rings (SSSR count). The second kappa shape index (κ2) is 5.28. The van der Waals surface area contributed by atoms with Crippen molar-refractivity contribution in [3.05, 3.63) is 0 Å². The van der Waals surface area contributed by atoms with Gasteiger partial charge in [0.2, 0.25) is 0 Å². The standard InChI is InChI=1S/C12H26N2O/c1-10(2)15-7-6-14-9-12(4,5)13-8-11(14)3/h10-11,13H,6-9H2,1-5H3. The van der Waals surface area contributed by atoms with Crippen LogP contribution in [0.5, 0.6) is 0 Å². The molecule has 15 heavy (non-hydrogen) atoms. The molecule has 0 aromatic rings. The van der Waals surface area contributed by atoms with Crippen molar-refractivity contribution in [3.8, 4) is 0 Å². The Kier molecular flexibility index (Phi) is 4.56. The van der Waals surface area contributed by atoms with Crippen LogP contribution in [-0.2, 0) is 4.74 Å². The van der Waals surface area contributed by atoms with Crippen molar-refractivity contribution < 1.29 is 4.74 Å². The Hall–Kier alpha value is -0.120. The van der Waals surface area contributed by atoms with Crippen LogP contribution < -0.4 is 5.32 Å². The van der Waals surface area contributed by atoms with Crippen LogP contribution in [0.1, 0.15) is 34.6 Å². The van der Waals surface area contributed by atoms with Gasteiger partial charge in [0.25, 0.3) is 0 Å². The van der Waals surface area contributed by atoms with Crippen molar-refractivity contribution >= 4 is 0 Å². The Morgan fingerprint density at radius 2 is 2.13 bits per heavy atom. The number of hydrogen-bond donors (Lipinski definition) is 1. The van der Waals surface area contributed by atoms with Crippen LogP contribution in [0, 0.1) is 0 Å². The number of piperazine rings is 1. The predicted molar refractivity (Wildman–Crippen MR) is 64.2 cm³/mol. The molecular weight excluding hydrogens is 188 g/mol. The van der Waals surface area contributed by atoms with Crippen molar-refractivity contribution in [2.45, 2.75) is 52.3 Å². The molecule has 0 saturated carbocycles. The number of hydrogen-bond acceptors (Lipinski definition) is 3. The van der Waals surface area contributed by atoms with E-state index in [0.29, 0.717) is 12.1 Å². The predicted octanol–water partition coefficient (Wildman–Crippen LogP) is 1.48. The summed E-state index contributed by atoms with van der Waals surface area (Å²) in [5.74, 6) is 0. The highest BCUT2D eigenvalue weighted by Gasteiger charge is 2.29. The summed E-state index contributed by atoms with van der Waals surface area (Å²) in [5.41, 5.74) is 0.240. The van der Waals surface area contributed by atoms with Gasteiger partial charge in [-0.05, 0) is 34.6 Å². The Labute approximate surface area is 94.2 Å². The van der Waals surface area contributed by atoms with Gasteiger partial charge < -0.3 is 10.1 Å². The Morgan fingerprint density at radius 3 is 2.73 bits per heavy atom. The van der Waals surface area contributed by atoms with Crippen LogP contribution in [-0.4, -0.2) is 48.8 Å². The molecular formula is C12H26N2O. The first-order chi connectivity index (χ1) is 6.91. The summed E-state index contributed by atoms with van der Waals surface area (Å²) in [5, 5.41) is 3.55. The summed E-state index contributed by atoms with van der Waals surface area (Å²) >= 11 is 0. The minimum atomic E-state index is 0.240. The van der Waals surface area contributed by atoms with Gasteiger partial charge in [-0.15, -0.1) is 0 Å². The highest BCUT2D eigenvalue weighted by atomic mass is 16.5. The molecule has 1 saturated heterocycles. The van der Waals surface area contributed by atoms with Crippen LogP contribution in [0.3, 0.4) is 0 Å². The van der Waals surface area contributed by atoms with Gasteiger partial charge in [-0.2, -0.15) is 0 Å². The molecule has 3 nitrogen and oxygen atoms in total. The molecule has 1 unspecified atom stereocenters. The molecule has 0 aromatic heterocycles. The lowest BCUT2D eigenvalue weighted by molar-refractivity contribution is 0.0304. The molecule has 1 aliphatic heterocycles. The summed E-state index contributed by atoms with van der Waals surface area (Å²) in [6.07, 6.45) is 0.344. The topological polar surface area (TPSA) is 24.5 Å². The fourth-order valence-electron chi connectivity index (χ4n) is 1.98. The van der Waals surface area contributed by atoms with Crippen LogP contribution in [0.4, 0.5) is 0 Å². The van der Waals surface area contributed by atoms with Crippen molar-refractivity contribution in [1.29, 1.82) is 0 Å². The maximum Gasteiger partial charge on any atom is 0.0597 e. The van der Waals surface area contributed by atoms with Gasteiger partial charge in [-0.25, -0.2) is 0 Å². The number of nitrogens with zero attached hydrogens (tertiary/aromatic N) is 1. The zero-order chi connectivity index (χ0) is 11.5. The molecule has 1 aliphatic rings. The third kappa shape index (κ3) is 4.49. The van der Waals surface area contributed by atoms with E-state index in [1.54, 1.807) is 0 Å². The highest BCUT2D eigenvalue weighted by molar-refractivity contribution is 4.90. The number of ether oxygens (including phenoxy) is 1. The minimum Gasteiger partial charge on any atom is -0.377 e. The van der Waals surface area contributed by atoms with E-state index >= 15 is 0 Å². The Balaban J connectivity index is 2.32. The largest absolute Gasteiger partial charge is 0.377 e. The first-order valence-electron chi connectivity index (χ1n) is 6.01. The zero-order valence-electron chi connectivity index (χ0n) is 10.8. The lowest BCUT2D eigenvalue weighted by Gasteiger charge is -2.43. The summed E-state index contributed by atoms with van der Waals surface area (Å²) in [6, 6.07) is 0.619. The molecule has 0 amide bonds. The molecule has 0 radical (unpaired) electrons. The molecule has 0 aromatic carbocycles. The lowest BCUT2D eigenvalue weighted by atomic mass is 9.99. The first-order valence-corrected chi connectivity index (χ1v) is 6.01. The van der Waals surface area contributed by atoms with Gasteiger partial charge in [-0.3, -0.25) is 4.90 Å². The van der Waals surface area contributed by atoms with Crippen LogP contribution in [0.15, 0.2) is 0 Å². The highest BCUT2D eigenvalue weighted by Crippen LogP contribution is 2.14. The second-order valence-corrected chi connectivity index (χ2v) is 5.50. The van der Waals surface area contributed by atoms with Gasteiger partial charge in [0, 0.05) is 31.2 Å². The van der Waals surface area contributed by atoms with Gasteiger partial charge in [0.05, 0.1) is 12.7 Å². The van der Waals surface area contributed by atoms with Crippen LogP contribution >= 0.6 is 0 Å². The molecule has 3 heteroatoms. The van der Waals surface area contributed by atoms with E-state index in [0.717, 1.165) is 26.2 Å². The second-order valence-electron chi connectivity index (χ2n) is 5.50.